The molecule has 1 aromatic carbocycles. The Bertz CT molecular complexity index is 1370. The number of fused-ring (bicyclic) bond motifs is 2. The first-order valence-electron chi connectivity index (χ1n) is 11.3. The number of nitrogens with zero attached hydrogens (tertiary/aromatic N) is 6. The van der Waals surface area contributed by atoms with E-state index in [9.17, 15) is 4.39 Å². The highest BCUT2D eigenvalue weighted by molar-refractivity contribution is 7.99. The van der Waals surface area contributed by atoms with E-state index in [1.54, 1.807) is 10.6 Å². The summed E-state index contributed by atoms with van der Waals surface area (Å²) in [4.78, 5) is 10.3. The number of hydrogen-bond acceptors (Lipinski definition) is 7. The average molecular weight is 479 g/mol. The minimum Gasteiger partial charge on any atom is -0.494 e. The summed E-state index contributed by atoms with van der Waals surface area (Å²) < 4.78 is 21.7. The molecule has 1 atom stereocenters. The van der Waals surface area contributed by atoms with E-state index >= 15 is 0 Å². The molecule has 1 aliphatic heterocycles. The first-order valence-corrected chi connectivity index (χ1v) is 12.1. The molecule has 7 nitrogen and oxygen atoms in total. The molecule has 1 fully saturated rings. The summed E-state index contributed by atoms with van der Waals surface area (Å²) in [6.07, 6.45) is 4.86. The van der Waals surface area contributed by atoms with Crippen molar-refractivity contribution in [2.75, 3.05) is 38.7 Å². The molecule has 4 heterocycles. The zero-order valence-corrected chi connectivity index (χ0v) is 20.3. The molecular formula is C25H27FN6OS. The van der Waals surface area contributed by atoms with E-state index in [1.165, 1.54) is 17.8 Å². The standard InChI is InChI=1S/C25H27FN6OS/c1-5-33-16(2)18-12-22(26)24-28-29-25(32(24)14-18)34-21-6-7-23-17(11-21)10-20(13-27-23)31-9-8-19(15-31)30(3)4/h6-7,10-14,19H,2,5,8-9,15H2,1,3-4H3/t19-/m0/s1. The minimum atomic E-state index is -0.466. The van der Waals surface area contributed by atoms with Gasteiger partial charge in [0.05, 0.1) is 24.0 Å². The lowest BCUT2D eigenvalue weighted by Gasteiger charge is -2.21. The molecule has 0 amide bonds. The van der Waals surface area contributed by atoms with Gasteiger partial charge in [-0.3, -0.25) is 9.38 Å². The average Bonchev–Trinajstić information content (AvgIpc) is 3.47. The van der Waals surface area contributed by atoms with Gasteiger partial charge in [-0.25, -0.2) is 4.39 Å². The summed E-state index contributed by atoms with van der Waals surface area (Å²) in [5.74, 6) is -0.0534. The third kappa shape index (κ3) is 4.33. The minimum absolute atomic E-state index is 0.171. The Morgan fingerprint density at radius 3 is 2.88 bits per heavy atom. The fraction of sp³-hybridized carbons (Fsp3) is 0.320. The quantitative estimate of drug-likeness (QED) is 0.356. The Morgan fingerprint density at radius 2 is 2.12 bits per heavy atom. The zero-order chi connectivity index (χ0) is 23.8. The van der Waals surface area contributed by atoms with Crippen LogP contribution in [0.25, 0.3) is 22.3 Å². The van der Waals surface area contributed by atoms with Crippen molar-refractivity contribution in [1.82, 2.24) is 24.5 Å². The predicted octanol–water partition coefficient (Wildman–Crippen LogP) is 4.72. The van der Waals surface area contributed by atoms with Crippen LogP contribution in [0.5, 0.6) is 0 Å². The van der Waals surface area contributed by atoms with Crippen LogP contribution in [-0.4, -0.2) is 64.3 Å². The van der Waals surface area contributed by atoms with Crippen molar-refractivity contribution in [3.63, 3.8) is 0 Å². The number of anilines is 1. The van der Waals surface area contributed by atoms with Gasteiger partial charge in [0.2, 0.25) is 5.16 Å². The molecule has 4 aromatic rings. The lowest BCUT2D eigenvalue weighted by molar-refractivity contribution is 0.299. The van der Waals surface area contributed by atoms with Crippen molar-refractivity contribution >= 4 is 39.8 Å². The molecule has 0 unspecified atom stereocenters. The predicted molar refractivity (Wildman–Crippen MR) is 134 cm³/mol. The van der Waals surface area contributed by atoms with Crippen LogP contribution < -0.4 is 4.90 Å². The monoisotopic (exact) mass is 478 g/mol. The van der Waals surface area contributed by atoms with Gasteiger partial charge in [0.25, 0.3) is 0 Å². The molecule has 1 aliphatic rings. The van der Waals surface area contributed by atoms with Crippen LogP contribution in [0, 0.1) is 5.82 Å². The van der Waals surface area contributed by atoms with E-state index < -0.39 is 5.82 Å². The smallest absolute Gasteiger partial charge is 0.200 e. The molecule has 0 radical (unpaired) electrons. The third-order valence-corrected chi connectivity index (χ3v) is 7.13. The molecule has 9 heteroatoms. The van der Waals surface area contributed by atoms with E-state index in [1.807, 2.05) is 25.3 Å². The Kier molecular flexibility index (Phi) is 6.14. The van der Waals surface area contributed by atoms with Crippen molar-refractivity contribution in [3.05, 3.63) is 60.7 Å². The molecule has 0 bridgehead atoms. The second-order valence-electron chi connectivity index (χ2n) is 8.61. The first kappa shape index (κ1) is 22.6. The fourth-order valence-electron chi connectivity index (χ4n) is 4.25. The maximum Gasteiger partial charge on any atom is 0.200 e. The molecule has 0 N–H and O–H groups in total. The van der Waals surface area contributed by atoms with Gasteiger partial charge in [0.15, 0.2) is 11.5 Å². The summed E-state index contributed by atoms with van der Waals surface area (Å²) in [7, 11) is 4.26. The SMILES string of the molecule is C=C(OCC)c1cc(F)c2nnc(Sc3ccc4ncc(N5CC[C@H](N(C)C)C5)cc4c3)n2c1. The molecule has 1 saturated heterocycles. The van der Waals surface area contributed by atoms with E-state index in [0.29, 0.717) is 29.1 Å². The van der Waals surface area contributed by atoms with Gasteiger partial charge in [-0.2, -0.15) is 0 Å². The van der Waals surface area contributed by atoms with E-state index in [-0.39, 0.29) is 5.65 Å². The molecular weight excluding hydrogens is 451 g/mol. The number of halogens is 1. The maximum absolute atomic E-state index is 14.6. The van der Waals surface area contributed by atoms with E-state index in [2.05, 4.69) is 57.8 Å². The fourth-order valence-corrected chi connectivity index (χ4v) is 5.10. The van der Waals surface area contributed by atoms with Gasteiger partial charge in [-0.1, -0.05) is 6.58 Å². The van der Waals surface area contributed by atoms with Crippen LogP contribution in [0.1, 0.15) is 18.9 Å². The third-order valence-electron chi connectivity index (χ3n) is 6.18. The number of likely N-dealkylation sites (N-methyl/N-ethyl adjacent to an activating group) is 1. The van der Waals surface area contributed by atoms with Crippen LogP contribution >= 0.6 is 11.8 Å². The lowest BCUT2D eigenvalue weighted by atomic mass is 10.2. The Morgan fingerprint density at radius 1 is 1.26 bits per heavy atom. The second-order valence-corrected chi connectivity index (χ2v) is 9.65. The van der Waals surface area contributed by atoms with Gasteiger partial charge >= 0.3 is 0 Å². The van der Waals surface area contributed by atoms with Crippen molar-refractivity contribution in [2.45, 2.75) is 29.4 Å². The maximum atomic E-state index is 14.6. The Balaban J connectivity index is 1.44. The normalized spacial score (nSPS) is 16.1. The summed E-state index contributed by atoms with van der Waals surface area (Å²) in [5, 5.41) is 9.88. The molecule has 0 saturated carbocycles. The topological polar surface area (TPSA) is 58.8 Å². The molecule has 3 aromatic heterocycles. The molecule has 34 heavy (non-hydrogen) atoms. The van der Waals surface area contributed by atoms with Crippen LogP contribution in [-0.2, 0) is 4.74 Å². The van der Waals surface area contributed by atoms with Crippen molar-refractivity contribution in [2.24, 2.45) is 0 Å². The first-order chi connectivity index (χ1) is 16.4. The number of benzene rings is 1. The molecule has 0 aliphatic carbocycles. The number of rotatable bonds is 7. The number of ether oxygens (including phenoxy) is 1. The highest BCUT2D eigenvalue weighted by Crippen LogP contribution is 2.32. The summed E-state index contributed by atoms with van der Waals surface area (Å²) in [5.41, 5.74) is 2.80. The van der Waals surface area contributed by atoms with Crippen LogP contribution in [0.15, 0.2) is 59.4 Å². The summed E-state index contributed by atoms with van der Waals surface area (Å²) in [6, 6.07) is 10.2. The molecule has 0 spiro atoms. The largest absolute Gasteiger partial charge is 0.494 e. The van der Waals surface area contributed by atoms with Crippen molar-refractivity contribution in [1.29, 1.82) is 0 Å². The Hall–Kier alpha value is -3.17. The van der Waals surface area contributed by atoms with Gasteiger partial charge in [0.1, 0.15) is 5.76 Å². The van der Waals surface area contributed by atoms with Crippen molar-refractivity contribution in [3.8, 4) is 0 Å². The number of aromatic nitrogens is 4. The van der Waals surface area contributed by atoms with E-state index in [4.69, 9.17) is 4.74 Å². The van der Waals surface area contributed by atoms with Gasteiger partial charge in [-0.15, -0.1) is 10.2 Å². The van der Waals surface area contributed by atoms with E-state index in [0.717, 1.165) is 41.0 Å². The van der Waals surface area contributed by atoms with Gasteiger partial charge in [-0.05, 0) is 69.5 Å². The highest BCUT2D eigenvalue weighted by Gasteiger charge is 2.24. The number of pyridine rings is 2. The second kappa shape index (κ2) is 9.23. The lowest BCUT2D eigenvalue weighted by Crippen LogP contribution is -2.31. The van der Waals surface area contributed by atoms with Gasteiger partial charge in [0, 0.05) is 41.2 Å². The van der Waals surface area contributed by atoms with Crippen LogP contribution in [0.4, 0.5) is 10.1 Å². The van der Waals surface area contributed by atoms with Crippen LogP contribution in [0.2, 0.25) is 0 Å². The molecule has 176 valence electrons. The van der Waals surface area contributed by atoms with Crippen molar-refractivity contribution < 1.29 is 9.13 Å². The zero-order valence-electron chi connectivity index (χ0n) is 19.5. The molecule has 5 rings (SSSR count). The summed E-state index contributed by atoms with van der Waals surface area (Å²) in [6.45, 7) is 8.24. The Labute approximate surface area is 202 Å². The van der Waals surface area contributed by atoms with Gasteiger partial charge < -0.3 is 14.5 Å². The highest BCUT2D eigenvalue weighted by atomic mass is 32.2. The number of hydrogen-bond donors (Lipinski definition) is 0. The van der Waals surface area contributed by atoms with Crippen LogP contribution in [0.3, 0.4) is 0 Å². The summed E-state index contributed by atoms with van der Waals surface area (Å²) >= 11 is 1.43.